The molecule has 16 heteroatoms. The first-order chi connectivity index (χ1) is 20.0. The number of carboxylic acids is 2. The molecule has 0 bridgehead atoms. The fourth-order valence-electron chi connectivity index (χ4n) is 4.13. The maximum absolute atomic E-state index is 12.8. The monoisotopic (exact) mass is 596 g/mol. The van der Waals surface area contributed by atoms with Crippen molar-refractivity contribution in [3.05, 3.63) is 59.7 Å². The third kappa shape index (κ3) is 6.76. The number of phenolic OH excluding ortho intramolecular Hbond substituents is 2. The van der Waals surface area contributed by atoms with Gasteiger partial charge in [-0.05, 0) is 54.1 Å². The molecule has 1 amide bonds. The van der Waals surface area contributed by atoms with Crippen LogP contribution in [0.15, 0.2) is 53.4 Å². The number of hydrogen-bond acceptors (Lipinski definition) is 11. The number of nitrogens with zero attached hydrogens (tertiary/aromatic N) is 1. The fraction of sp³-hybridized carbons (Fsp3) is 0.115. The topological polar surface area (TPSA) is 267 Å². The summed E-state index contributed by atoms with van der Waals surface area (Å²) < 4.78 is 4.66. The van der Waals surface area contributed by atoms with Gasteiger partial charge < -0.3 is 36.5 Å². The van der Waals surface area contributed by atoms with Gasteiger partial charge in [-0.15, -0.1) is 9.32 Å². The number of nitrogens with one attached hydrogen (secondary N) is 3. The SMILES string of the molecule is N=C(N)c1ccc2nc(-c3cc(CC(=O)N[C@@H](CC(=O)O)C(=O)O)cc(-c4cc(SOON)ccc4O)c3O)[nH]c2c1. The number of imidazole rings is 1. The van der Waals surface area contributed by atoms with E-state index in [0.717, 1.165) is 12.0 Å². The van der Waals surface area contributed by atoms with Crippen LogP contribution >= 0.6 is 12.0 Å². The number of phenols is 2. The number of aliphatic carboxylic acids is 2. The van der Waals surface area contributed by atoms with E-state index in [2.05, 4.69) is 24.6 Å². The Balaban J connectivity index is 1.82. The molecule has 1 atom stereocenters. The Morgan fingerprint density at radius 1 is 1.05 bits per heavy atom. The van der Waals surface area contributed by atoms with E-state index < -0.39 is 36.7 Å². The van der Waals surface area contributed by atoms with Gasteiger partial charge in [-0.25, -0.2) is 9.78 Å². The van der Waals surface area contributed by atoms with Crippen LogP contribution in [0.5, 0.6) is 11.5 Å². The number of carboxylic acid groups (broad SMARTS) is 2. The molecule has 15 nitrogen and oxygen atoms in total. The second-order valence-corrected chi connectivity index (χ2v) is 9.70. The minimum absolute atomic E-state index is 0.0779. The van der Waals surface area contributed by atoms with E-state index in [1.807, 2.05) is 0 Å². The first kappa shape index (κ1) is 29.8. The lowest BCUT2D eigenvalue weighted by Crippen LogP contribution is -2.42. The zero-order chi connectivity index (χ0) is 30.6. The molecule has 11 N–H and O–H groups in total. The third-order valence-electron chi connectivity index (χ3n) is 6.02. The van der Waals surface area contributed by atoms with Gasteiger partial charge in [-0.2, -0.15) is 5.90 Å². The number of H-pyrrole nitrogens is 1. The smallest absolute Gasteiger partial charge is 0.326 e. The summed E-state index contributed by atoms with van der Waals surface area (Å²) in [5, 5.41) is 50.2. The van der Waals surface area contributed by atoms with Gasteiger partial charge in [0.15, 0.2) is 0 Å². The van der Waals surface area contributed by atoms with E-state index in [9.17, 15) is 29.7 Å². The second kappa shape index (κ2) is 12.6. The number of rotatable bonds is 12. The molecule has 4 rings (SSSR count). The lowest BCUT2D eigenvalue weighted by Gasteiger charge is -2.16. The summed E-state index contributed by atoms with van der Waals surface area (Å²) in [5.74, 6) is 0.614. The Labute approximate surface area is 240 Å². The van der Waals surface area contributed by atoms with Gasteiger partial charge >= 0.3 is 11.9 Å². The van der Waals surface area contributed by atoms with Crippen LogP contribution in [0.4, 0.5) is 0 Å². The molecule has 218 valence electrons. The molecule has 0 fully saturated rings. The largest absolute Gasteiger partial charge is 0.507 e. The highest BCUT2D eigenvalue weighted by molar-refractivity contribution is 7.94. The molecule has 1 heterocycles. The van der Waals surface area contributed by atoms with Crippen molar-refractivity contribution in [3.8, 4) is 34.0 Å². The zero-order valence-corrected chi connectivity index (χ0v) is 22.3. The summed E-state index contributed by atoms with van der Waals surface area (Å²) >= 11 is 0.726. The van der Waals surface area contributed by atoms with E-state index >= 15 is 0 Å². The quantitative estimate of drug-likeness (QED) is 0.0373. The number of nitrogen functional groups attached to an aromatic ring is 1. The predicted octanol–water partition coefficient (Wildman–Crippen LogP) is 2.01. The number of nitrogens with two attached hydrogens (primary N) is 2. The normalized spacial score (nSPS) is 11.7. The van der Waals surface area contributed by atoms with Crippen molar-refractivity contribution >= 4 is 46.8 Å². The zero-order valence-electron chi connectivity index (χ0n) is 21.5. The highest BCUT2D eigenvalue weighted by Gasteiger charge is 2.24. The molecule has 0 saturated heterocycles. The molecule has 4 aromatic rings. The molecular weight excluding hydrogens is 572 g/mol. The number of amidine groups is 1. The summed E-state index contributed by atoms with van der Waals surface area (Å²) in [6.45, 7) is 0. The Kier molecular flexibility index (Phi) is 8.92. The van der Waals surface area contributed by atoms with Crippen LogP contribution < -0.4 is 16.9 Å². The van der Waals surface area contributed by atoms with Gasteiger partial charge in [0.05, 0.1) is 41.5 Å². The van der Waals surface area contributed by atoms with Gasteiger partial charge in [0.25, 0.3) is 0 Å². The van der Waals surface area contributed by atoms with Crippen LogP contribution in [0.3, 0.4) is 0 Å². The molecule has 1 aromatic heterocycles. The summed E-state index contributed by atoms with van der Waals surface area (Å²) in [7, 11) is 0. The first-order valence-electron chi connectivity index (χ1n) is 11.9. The standard InChI is InChI=1S/C26H24N6O9S/c27-24(28)12-1-3-17-18(8-12)32-25(31-17)16-6-11(7-21(34)30-19(26(38)39)10-22(35)36)5-15(23(16)37)14-9-13(42-41-40-29)2-4-20(14)33/h1-6,8-9,19,33,37H,7,10,29H2,(H3,27,28)(H,30,34)(H,31,32)(H,35,36)(H,38,39)/t19-/m0/s1. The van der Waals surface area contributed by atoms with Crippen molar-refractivity contribution in [3.63, 3.8) is 0 Å². The van der Waals surface area contributed by atoms with Gasteiger partial charge in [0.1, 0.15) is 29.2 Å². The van der Waals surface area contributed by atoms with Crippen molar-refractivity contribution < 1.29 is 44.1 Å². The van der Waals surface area contributed by atoms with Crippen molar-refractivity contribution in [2.75, 3.05) is 0 Å². The molecule has 0 aliphatic heterocycles. The summed E-state index contributed by atoms with van der Waals surface area (Å²) in [6, 6.07) is 10.3. The molecular formula is C26H24N6O9S. The number of carbonyl (C=O) groups excluding carboxylic acids is 1. The van der Waals surface area contributed by atoms with Crippen LogP contribution in [0.2, 0.25) is 0 Å². The molecule has 0 unspecified atom stereocenters. The van der Waals surface area contributed by atoms with E-state index in [1.54, 1.807) is 18.2 Å². The molecule has 0 radical (unpaired) electrons. The van der Waals surface area contributed by atoms with E-state index in [-0.39, 0.29) is 45.4 Å². The van der Waals surface area contributed by atoms with E-state index in [4.69, 9.17) is 22.1 Å². The van der Waals surface area contributed by atoms with Crippen LogP contribution in [0, 0.1) is 5.41 Å². The van der Waals surface area contributed by atoms with E-state index in [0.29, 0.717) is 21.5 Å². The molecule has 3 aromatic carbocycles. The molecule has 42 heavy (non-hydrogen) atoms. The maximum Gasteiger partial charge on any atom is 0.326 e. The highest BCUT2D eigenvalue weighted by atomic mass is 32.2. The van der Waals surface area contributed by atoms with Gasteiger partial charge in [0, 0.05) is 21.6 Å². The molecule has 0 spiro atoms. The second-order valence-electron chi connectivity index (χ2n) is 8.93. The van der Waals surface area contributed by atoms with Crippen LogP contribution in [-0.4, -0.2) is 60.1 Å². The number of aromatic hydroxyl groups is 2. The van der Waals surface area contributed by atoms with Gasteiger partial charge in [-0.3, -0.25) is 15.0 Å². The molecule has 0 saturated carbocycles. The Bertz CT molecular complexity index is 1710. The first-order valence-corrected chi connectivity index (χ1v) is 12.7. The number of carbonyl (C=O) groups is 3. The minimum atomic E-state index is -1.67. The van der Waals surface area contributed by atoms with Crippen LogP contribution in [0.25, 0.3) is 33.5 Å². The average molecular weight is 597 g/mol. The fourth-order valence-corrected chi connectivity index (χ4v) is 4.54. The maximum atomic E-state index is 12.8. The van der Waals surface area contributed by atoms with Crippen molar-refractivity contribution in [1.82, 2.24) is 15.3 Å². The number of hydrogen-bond donors (Lipinski definition) is 9. The average Bonchev–Trinajstić information content (AvgIpc) is 3.36. The minimum Gasteiger partial charge on any atom is -0.507 e. The predicted molar refractivity (Wildman–Crippen MR) is 149 cm³/mol. The Morgan fingerprint density at radius 2 is 1.79 bits per heavy atom. The lowest BCUT2D eigenvalue weighted by atomic mass is 9.95. The summed E-state index contributed by atoms with van der Waals surface area (Å²) in [4.78, 5) is 47.3. The molecule has 0 aliphatic rings. The van der Waals surface area contributed by atoms with Crippen molar-refractivity contribution in [1.29, 1.82) is 5.41 Å². The third-order valence-corrected chi connectivity index (χ3v) is 6.62. The number of benzene rings is 3. The van der Waals surface area contributed by atoms with Crippen LogP contribution in [0.1, 0.15) is 17.5 Å². The number of aromatic amines is 1. The van der Waals surface area contributed by atoms with Crippen molar-refractivity contribution in [2.45, 2.75) is 23.8 Å². The number of amides is 1. The number of aromatic nitrogens is 2. The van der Waals surface area contributed by atoms with Gasteiger partial charge in [0.2, 0.25) is 5.91 Å². The summed E-state index contributed by atoms with van der Waals surface area (Å²) in [6.07, 6.45) is -1.25. The summed E-state index contributed by atoms with van der Waals surface area (Å²) in [5.41, 5.74) is 7.60. The molecule has 0 aliphatic carbocycles. The number of fused-ring (bicyclic) bond motifs is 1. The van der Waals surface area contributed by atoms with Gasteiger partial charge in [-0.1, -0.05) is 0 Å². The van der Waals surface area contributed by atoms with E-state index in [1.165, 1.54) is 30.3 Å². The van der Waals surface area contributed by atoms with Crippen molar-refractivity contribution in [2.24, 2.45) is 11.6 Å². The van der Waals surface area contributed by atoms with Crippen LogP contribution in [-0.2, 0) is 30.1 Å². The Hall–Kier alpha value is -5.16. The lowest BCUT2D eigenvalue weighted by molar-refractivity contribution is -0.195. The Morgan fingerprint density at radius 3 is 2.45 bits per heavy atom. The highest BCUT2D eigenvalue weighted by Crippen LogP contribution is 2.43.